The molecule has 1 aromatic rings. The summed E-state index contributed by atoms with van der Waals surface area (Å²) < 4.78 is 29.4. The first-order chi connectivity index (χ1) is 8.03. The van der Waals surface area contributed by atoms with E-state index in [0.29, 0.717) is 17.4 Å². The summed E-state index contributed by atoms with van der Waals surface area (Å²) in [5.74, 6) is 1.02. The maximum absolute atomic E-state index is 12.2. The number of sulfone groups is 1. The first kappa shape index (κ1) is 12.2. The van der Waals surface area contributed by atoms with Gasteiger partial charge in [-0.05, 0) is 30.9 Å². The van der Waals surface area contributed by atoms with Crippen molar-refractivity contribution in [2.45, 2.75) is 24.2 Å². The zero-order valence-electron chi connectivity index (χ0n) is 9.85. The highest BCUT2D eigenvalue weighted by atomic mass is 32.2. The van der Waals surface area contributed by atoms with Crippen molar-refractivity contribution < 1.29 is 13.2 Å². The molecule has 94 valence electrons. The van der Waals surface area contributed by atoms with Crippen molar-refractivity contribution in [1.29, 1.82) is 0 Å². The Morgan fingerprint density at radius 2 is 2.12 bits per heavy atom. The third-order valence-electron chi connectivity index (χ3n) is 3.24. The molecule has 0 heterocycles. The normalized spacial score (nSPS) is 16.5. The third kappa shape index (κ3) is 2.54. The molecule has 0 bridgehead atoms. The van der Waals surface area contributed by atoms with Crippen molar-refractivity contribution in [3.63, 3.8) is 0 Å². The van der Waals surface area contributed by atoms with Gasteiger partial charge in [0.05, 0.1) is 23.4 Å². The molecule has 0 spiro atoms. The van der Waals surface area contributed by atoms with E-state index in [-0.39, 0.29) is 10.6 Å². The van der Waals surface area contributed by atoms with E-state index in [1.165, 1.54) is 13.2 Å². The molecule has 0 amide bonds. The lowest BCUT2D eigenvalue weighted by atomic mass is 9.87. The van der Waals surface area contributed by atoms with Crippen LogP contribution in [0.2, 0.25) is 0 Å². The van der Waals surface area contributed by atoms with Gasteiger partial charge in [-0.1, -0.05) is 6.42 Å². The maximum atomic E-state index is 12.2. The van der Waals surface area contributed by atoms with Crippen LogP contribution in [0, 0.1) is 5.92 Å². The number of benzene rings is 1. The summed E-state index contributed by atoms with van der Waals surface area (Å²) in [6.45, 7) is 0. The Kier molecular flexibility index (Phi) is 3.28. The van der Waals surface area contributed by atoms with Crippen molar-refractivity contribution in [2.24, 2.45) is 5.92 Å². The van der Waals surface area contributed by atoms with E-state index in [1.54, 1.807) is 12.1 Å². The Hall–Kier alpha value is -1.23. The van der Waals surface area contributed by atoms with Gasteiger partial charge >= 0.3 is 0 Å². The molecule has 0 radical (unpaired) electrons. The molecule has 0 saturated heterocycles. The molecule has 1 aromatic carbocycles. The largest absolute Gasteiger partial charge is 0.497 e. The molecule has 2 rings (SSSR count). The Balaban J connectivity index is 2.30. The molecule has 5 heteroatoms. The second-order valence-electron chi connectivity index (χ2n) is 4.48. The van der Waals surface area contributed by atoms with Crippen molar-refractivity contribution in [3.8, 4) is 5.75 Å². The maximum Gasteiger partial charge on any atom is 0.180 e. The SMILES string of the molecule is COc1ccc(N)c(S(=O)(=O)CC2CCC2)c1. The molecule has 1 fully saturated rings. The van der Waals surface area contributed by atoms with Crippen LogP contribution in [-0.4, -0.2) is 21.3 Å². The molecule has 1 aliphatic carbocycles. The zero-order chi connectivity index (χ0) is 12.5. The fourth-order valence-electron chi connectivity index (χ4n) is 1.97. The van der Waals surface area contributed by atoms with Crippen molar-refractivity contribution in [1.82, 2.24) is 0 Å². The van der Waals surface area contributed by atoms with Gasteiger partial charge in [-0.25, -0.2) is 8.42 Å². The number of methoxy groups -OCH3 is 1. The van der Waals surface area contributed by atoms with Gasteiger partial charge in [0.15, 0.2) is 9.84 Å². The minimum Gasteiger partial charge on any atom is -0.497 e. The van der Waals surface area contributed by atoms with Crippen molar-refractivity contribution in [3.05, 3.63) is 18.2 Å². The van der Waals surface area contributed by atoms with E-state index in [4.69, 9.17) is 10.5 Å². The number of nitrogen functional groups attached to an aromatic ring is 1. The monoisotopic (exact) mass is 255 g/mol. The van der Waals surface area contributed by atoms with Gasteiger partial charge in [-0.15, -0.1) is 0 Å². The van der Waals surface area contributed by atoms with Gasteiger partial charge in [0.25, 0.3) is 0 Å². The van der Waals surface area contributed by atoms with Crippen LogP contribution in [0.15, 0.2) is 23.1 Å². The first-order valence-electron chi connectivity index (χ1n) is 5.69. The van der Waals surface area contributed by atoms with E-state index in [9.17, 15) is 8.42 Å². The zero-order valence-corrected chi connectivity index (χ0v) is 10.7. The van der Waals surface area contributed by atoms with Crippen LogP contribution < -0.4 is 10.5 Å². The quantitative estimate of drug-likeness (QED) is 0.834. The lowest BCUT2D eigenvalue weighted by Crippen LogP contribution is -2.22. The van der Waals surface area contributed by atoms with Gasteiger partial charge in [0, 0.05) is 6.07 Å². The van der Waals surface area contributed by atoms with Gasteiger partial charge in [0.2, 0.25) is 0 Å². The summed E-state index contributed by atoms with van der Waals surface area (Å²) in [5.41, 5.74) is 6.03. The van der Waals surface area contributed by atoms with Crippen LogP contribution in [0.25, 0.3) is 0 Å². The number of nitrogens with two attached hydrogens (primary N) is 1. The van der Waals surface area contributed by atoms with Gasteiger partial charge in [-0.2, -0.15) is 0 Å². The number of rotatable bonds is 4. The van der Waals surface area contributed by atoms with Crippen molar-refractivity contribution in [2.75, 3.05) is 18.6 Å². The molecular formula is C12H17NO3S. The molecule has 1 aliphatic rings. The van der Waals surface area contributed by atoms with Crippen LogP contribution >= 0.6 is 0 Å². The van der Waals surface area contributed by atoms with Crippen LogP contribution in [0.4, 0.5) is 5.69 Å². The van der Waals surface area contributed by atoms with Gasteiger partial charge < -0.3 is 10.5 Å². The van der Waals surface area contributed by atoms with E-state index in [1.807, 2.05) is 0 Å². The summed E-state index contributed by atoms with van der Waals surface area (Å²) >= 11 is 0. The van der Waals surface area contributed by atoms with E-state index in [0.717, 1.165) is 19.3 Å². The van der Waals surface area contributed by atoms with E-state index < -0.39 is 9.84 Å². The van der Waals surface area contributed by atoms with Crippen LogP contribution in [0.1, 0.15) is 19.3 Å². The smallest absolute Gasteiger partial charge is 0.180 e. The topological polar surface area (TPSA) is 69.4 Å². The number of hydrogen-bond acceptors (Lipinski definition) is 4. The molecule has 4 nitrogen and oxygen atoms in total. The molecule has 0 atom stereocenters. The third-order valence-corrected chi connectivity index (χ3v) is 5.17. The fraction of sp³-hybridized carbons (Fsp3) is 0.500. The fourth-order valence-corrected chi connectivity index (χ4v) is 3.83. The highest BCUT2D eigenvalue weighted by Crippen LogP contribution is 2.32. The van der Waals surface area contributed by atoms with Crippen LogP contribution in [0.5, 0.6) is 5.75 Å². The molecule has 17 heavy (non-hydrogen) atoms. The molecule has 0 aromatic heterocycles. The number of hydrogen-bond donors (Lipinski definition) is 1. The lowest BCUT2D eigenvalue weighted by molar-refractivity contribution is 0.347. The van der Waals surface area contributed by atoms with Crippen molar-refractivity contribution >= 4 is 15.5 Å². The predicted molar refractivity (Wildman–Crippen MR) is 66.8 cm³/mol. The summed E-state index contributed by atoms with van der Waals surface area (Å²) in [5, 5.41) is 0. The predicted octanol–water partition coefficient (Wildman–Crippen LogP) is 1.85. The summed E-state index contributed by atoms with van der Waals surface area (Å²) in [6, 6.07) is 4.74. The molecular weight excluding hydrogens is 238 g/mol. The average molecular weight is 255 g/mol. The standard InChI is InChI=1S/C12H17NO3S/c1-16-10-5-6-11(13)12(7-10)17(14,15)8-9-3-2-4-9/h5-7,9H,2-4,8,13H2,1H3. The lowest BCUT2D eigenvalue weighted by Gasteiger charge is -2.25. The average Bonchev–Trinajstić information content (AvgIpc) is 2.24. The summed E-state index contributed by atoms with van der Waals surface area (Å²) in [7, 11) is -1.78. The highest BCUT2D eigenvalue weighted by Gasteiger charge is 2.27. The van der Waals surface area contributed by atoms with E-state index in [2.05, 4.69) is 0 Å². The number of anilines is 1. The first-order valence-corrected chi connectivity index (χ1v) is 7.34. The Morgan fingerprint density at radius 3 is 2.65 bits per heavy atom. The highest BCUT2D eigenvalue weighted by molar-refractivity contribution is 7.91. The minimum atomic E-state index is -3.29. The second-order valence-corrected chi connectivity index (χ2v) is 6.48. The van der Waals surface area contributed by atoms with Gasteiger partial charge in [-0.3, -0.25) is 0 Å². The van der Waals surface area contributed by atoms with Crippen LogP contribution in [-0.2, 0) is 9.84 Å². The minimum absolute atomic E-state index is 0.198. The molecule has 1 saturated carbocycles. The van der Waals surface area contributed by atoms with Gasteiger partial charge in [0.1, 0.15) is 5.75 Å². The van der Waals surface area contributed by atoms with Crippen LogP contribution in [0.3, 0.4) is 0 Å². The number of ether oxygens (including phenoxy) is 1. The summed E-state index contributed by atoms with van der Waals surface area (Å²) in [6.07, 6.45) is 3.14. The Morgan fingerprint density at radius 1 is 1.41 bits per heavy atom. The van der Waals surface area contributed by atoms with E-state index >= 15 is 0 Å². The second kappa shape index (κ2) is 4.56. The Labute approximate surface area is 102 Å². The molecule has 2 N–H and O–H groups in total. The summed E-state index contributed by atoms with van der Waals surface area (Å²) in [4.78, 5) is 0.198. The Bertz CT molecular complexity index is 506. The molecule has 0 unspecified atom stereocenters. The molecule has 0 aliphatic heterocycles.